The highest BCUT2D eigenvalue weighted by atomic mass is 19.4. The van der Waals surface area contributed by atoms with Crippen molar-refractivity contribution in [2.24, 2.45) is 0 Å². The van der Waals surface area contributed by atoms with Gasteiger partial charge in [0.15, 0.2) is 0 Å². The molecule has 25 heavy (non-hydrogen) atoms. The molecule has 0 aliphatic carbocycles. The summed E-state index contributed by atoms with van der Waals surface area (Å²) in [6.45, 7) is 1.99. The largest absolute Gasteiger partial charge is 0.480 e. The van der Waals surface area contributed by atoms with Crippen LogP contribution in [-0.2, 0) is 17.4 Å². The lowest BCUT2D eigenvalue weighted by Crippen LogP contribution is -2.41. The van der Waals surface area contributed by atoms with E-state index in [0.717, 1.165) is 16.7 Å². The number of halogens is 3. The predicted octanol–water partition coefficient (Wildman–Crippen LogP) is 2.60. The number of imidazole rings is 1. The summed E-state index contributed by atoms with van der Waals surface area (Å²) in [5.41, 5.74) is -0.332. The Morgan fingerprint density at radius 3 is 2.68 bits per heavy atom. The number of hydrogen-bond donors (Lipinski definition) is 1. The SMILES string of the molecule is CCc1nc2ccc(C(F)(F)F)cn2c1C(=O)N1CCCC1C(=O)O. The molecule has 0 spiro atoms. The van der Waals surface area contributed by atoms with Gasteiger partial charge in [0, 0.05) is 12.7 Å². The van der Waals surface area contributed by atoms with Crippen molar-refractivity contribution < 1.29 is 27.9 Å². The maximum Gasteiger partial charge on any atom is 0.417 e. The molecular weight excluding hydrogens is 339 g/mol. The Kier molecular flexibility index (Phi) is 4.18. The normalized spacial score (nSPS) is 18.1. The number of fused-ring (bicyclic) bond motifs is 1. The number of aliphatic carboxylic acids is 1. The molecule has 0 bridgehead atoms. The number of carboxylic acids is 1. The number of aromatic nitrogens is 2. The van der Waals surface area contributed by atoms with Gasteiger partial charge in [-0.15, -0.1) is 0 Å². The molecule has 1 saturated heterocycles. The Morgan fingerprint density at radius 1 is 1.36 bits per heavy atom. The van der Waals surface area contributed by atoms with Gasteiger partial charge in [0.1, 0.15) is 17.4 Å². The fraction of sp³-hybridized carbons (Fsp3) is 0.438. The molecule has 1 aliphatic rings. The Hall–Kier alpha value is -2.58. The highest BCUT2D eigenvalue weighted by Gasteiger charge is 2.37. The first-order valence-corrected chi connectivity index (χ1v) is 7.86. The van der Waals surface area contributed by atoms with Crippen LogP contribution in [0, 0.1) is 0 Å². The monoisotopic (exact) mass is 355 g/mol. The van der Waals surface area contributed by atoms with Gasteiger partial charge in [0.25, 0.3) is 5.91 Å². The Labute approximate surface area is 140 Å². The minimum Gasteiger partial charge on any atom is -0.480 e. The second kappa shape index (κ2) is 6.05. The van der Waals surface area contributed by atoms with Crippen molar-refractivity contribution in [3.8, 4) is 0 Å². The van der Waals surface area contributed by atoms with Crippen LogP contribution in [0.5, 0.6) is 0 Å². The molecule has 1 atom stereocenters. The van der Waals surface area contributed by atoms with Crippen LogP contribution in [0.3, 0.4) is 0 Å². The summed E-state index contributed by atoms with van der Waals surface area (Å²) in [7, 11) is 0. The van der Waals surface area contributed by atoms with E-state index in [1.165, 1.54) is 11.0 Å². The molecule has 1 amide bonds. The van der Waals surface area contributed by atoms with Crippen LogP contribution in [-0.4, -0.2) is 43.9 Å². The van der Waals surface area contributed by atoms with Crippen LogP contribution >= 0.6 is 0 Å². The summed E-state index contributed by atoms with van der Waals surface area (Å²) >= 11 is 0. The molecule has 3 heterocycles. The molecule has 1 fully saturated rings. The summed E-state index contributed by atoms with van der Waals surface area (Å²) in [6.07, 6.45) is -2.51. The highest BCUT2D eigenvalue weighted by molar-refractivity contribution is 5.97. The maximum absolute atomic E-state index is 13.0. The molecule has 9 heteroatoms. The van der Waals surface area contributed by atoms with Gasteiger partial charge in [0.05, 0.1) is 11.3 Å². The lowest BCUT2D eigenvalue weighted by atomic mass is 10.2. The summed E-state index contributed by atoms with van der Waals surface area (Å²) in [5.74, 6) is -1.72. The molecule has 0 saturated carbocycles. The zero-order valence-electron chi connectivity index (χ0n) is 13.4. The lowest BCUT2D eigenvalue weighted by Gasteiger charge is -2.21. The van der Waals surface area contributed by atoms with E-state index < -0.39 is 29.7 Å². The number of hydrogen-bond acceptors (Lipinski definition) is 3. The molecule has 3 rings (SSSR count). The van der Waals surface area contributed by atoms with E-state index in [-0.39, 0.29) is 17.9 Å². The summed E-state index contributed by atoms with van der Waals surface area (Å²) < 4.78 is 40.1. The second-order valence-corrected chi connectivity index (χ2v) is 5.90. The number of rotatable bonds is 3. The molecule has 134 valence electrons. The second-order valence-electron chi connectivity index (χ2n) is 5.90. The standard InChI is InChI=1S/C16H16F3N3O3/c1-2-10-13(14(23)21-7-3-4-11(21)15(24)25)22-8-9(16(17,18)19)5-6-12(22)20-10/h5-6,8,11H,2-4,7H2,1H3,(H,24,25). The van der Waals surface area contributed by atoms with Crippen LogP contribution in [0.25, 0.3) is 5.65 Å². The molecule has 6 nitrogen and oxygen atoms in total. The lowest BCUT2D eigenvalue weighted by molar-refractivity contribution is -0.141. The minimum atomic E-state index is -4.55. The number of carboxylic acid groups (broad SMARTS) is 1. The van der Waals surface area contributed by atoms with Gasteiger partial charge < -0.3 is 10.0 Å². The smallest absolute Gasteiger partial charge is 0.417 e. The first-order valence-electron chi connectivity index (χ1n) is 7.86. The molecule has 0 radical (unpaired) electrons. The van der Waals surface area contributed by atoms with Crippen LogP contribution < -0.4 is 0 Å². The predicted molar refractivity (Wildman–Crippen MR) is 81.3 cm³/mol. The van der Waals surface area contributed by atoms with Gasteiger partial charge in [-0.3, -0.25) is 9.20 Å². The van der Waals surface area contributed by atoms with Gasteiger partial charge in [-0.1, -0.05) is 6.92 Å². The first-order chi connectivity index (χ1) is 11.7. The average Bonchev–Trinajstić information content (AvgIpc) is 3.17. The van der Waals surface area contributed by atoms with E-state index in [0.29, 0.717) is 25.0 Å². The van der Waals surface area contributed by atoms with E-state index in [1.807, 2.05) is 0 Å². The quantitative estimate of drug-likeness (QED) is 0.918. The number of likely N-dealkylation sites (tertiary alicyclic amines) is 1. The van der Waals surface area contributed by atoms with Crippen LogP contribution in [0.2, 0.25) is 0 Å². The molecular formula is C16H16F3N3O3. The third kappa shape index (κ3) is 2.94. The Morgan fingerprint density at radius 2 is 2.08 bits per heavy atom. The number of carbonyl (C=O) groups excluding carboxylic acids is 1. The van der Waals surface area contributed by atoms with Crippen molar-refractivity contribution in [2.45, 2.75) is 38.4 Å². The zero-order chi connectivity index (χ0) is 18.4. The van der Waals surface area contributed by atoms with Gasteiger partial charge in [-0.25, -0.2) is 9.78 Å². The van der Waals surface area contributed by atoms with Crippen molar-refractivity contribution in [1.29, 1.82) is 0 Å². The van der Waals surface area contributed by atoms with Crippen molar-refractivity contribution >= 4 is 17.5 Å². The van der Waals surface area contributed by atoms with E-state index in [9.17, 15) is 27.9 Å². The van der Waals surface area contributed by atoms with Gasteiger partial charge >= 0.3 is 12.1 Å². The zero-order valence-corrected chi connectivity index (χ0v) is 13.4. The summed E-state index contributed by atoms with van der Waals surface area (Å²) in [4.78, 5) is 29.6. The van der Waals surface area contributed by atoms with E-state index in [1.54, 1.807) is 6.92 Å². The molecule has 2 aromatic heterocycles. The number of carbonyl (C=O) groups is 2. The first kappa shape index (κ1) is 17.2. The topological polar surface area (TPSA) is 74.9 Å². The Bertz CT molecular complexity index is 844. The van der Waals surface area contributed by atoms with Crippen LogP contribution in [0.15, 0.2) is 18.3 Å². The van der Waals surface area contributed by atoms with Gasteiger partial charge in [-0.2, -0.15) is 13.2 Å². The molecule has 0 aromatic carbocycles. The summed E-state index contributed by atoms with van der Waals surface area (Å²) in [5, 5.41) is 9.26. The number of amides is 1. The van der Waals surface area contributed by atoms with Crippen molar-refractivity contribution in [1.82, 2.24) is 14.3 Å². The fourth-order valence-electron chi connectivity index (χ4n) is 3.14. The number of aryl methyl sites for hydroxylation is 1. The molecule has 2 aromatic rings. The molecule has 1 N–H and O–H groups in total. The van der Waals surface area contributed by atoms with E-state index in [4.69, 9.17) is 0 Å². The third-order valence-corrected chi connectivity index (χ3v) is 4.35. The number of nitrogens with zero attached hydrogens (tertiary/aromatic N) is 3. The van der Waals surface area contributed by atoms with Gasteiger partial charge in [-0.05, 0) is 31.4 Å². The molecule has 1 aliphatic heterocycles. The highest BCUT2D eigenvalue weighted by Crippen LogP contribution is 2.30. The Balaban J connectivity index is 2.13. The molecule has 1 unspecified atom stereocenters. The van der Waals surface area contributed by atoms with E-state index in [2.05, 4.69) is 4.98 Å². The fourth-order valence-corrected chi connectivity index (χ4v) is 3.14. The van der Waals surface area contributed by atoms with Crippen molar-refractivity contribution in [2.75, 3.05) is 6.54 Å². The number of pyridine rings is 1. The van der Waals surface area contributed by atoms with Crippen molar-refractivity contribution in [3.63, 3.8) is 0 Å². The third-order valence-electron chi connectivity index (χ3n) is 4.35. The van der Waals surface area contributed by atoms with Crippen LogP contribution in [0.4, 0.5) is 13.2 Å². The van der Waals surface area contributed by atoms with Crippen LogP contribution in [0.1, 0.15) is 41.5 Å². The average molecular weight is 355 g/mol. The minimum absolute atomic E-state index is 0.00301. The number of alkyl halides is 3. The maximum atomic E-state index is 13.0. The van der Waals surface area contributed by atoms with Gasteiger partial charge in [0.2, 0.25) is 0 Å². The van der Waals surface area contributed by atoms with Crippen molar-refractivity contribution in [3.05, 3.63) is 35.3 Å². The summed E-state index contributed by atoms with van der Waals surface area (Å²) in [6, 6.07) is 1.15. The van der Waals surface area contributed by atoms with E-state index >= 15 is 0 Å².